The molecule has 3 aromatic heterocycles. The molecule has 0 bridgehead atoms. The second-order valence-electron chi connectivity index (χ2n) is 14.0. The van der Waals surface area contributed by atoms with Crippen molar-refractivity contribution < 1.29 is 28.5 Å². The van der Waals surface area contributed by atoms with Crippen LogP contribution in [0.15, 0.2) is 43.0 Å². The fourth-order valence-electron chi connectivity index (χ4n) is 7.55. The second kappa shape index (κ2) is 14.4. The topological polar surface area (TPSA) is 156 Å². The molecule has 3 fully saturated rings. The molecule has 0 saturated carbocycles. The van der Waals surface area contributed by atoms with Crippen LogP contribution in [0.2, 0.25) is 0 Å². The summed E-state index contributed by atoms with van der Waals surface area (Å²) in [6.45, 7) is 7.08. The highest BCUT2D eigenvalue weighted by molar-refractivity contribution is 6.00. The molecule has 3 aliphatic heterocycles. The number of nitrogens with two attached hydrogens (primary N) is 1. The van der Waals surface area contributed by atoms with Gasteiger partial charge >= 0.3 is 0 Å². The van der Waals surface area contributed by atoms with Crippen molar-refractivity contribution in [2.24, 2.45) is 12.8 Å². The molecule has 0 aliphatic carbocycles. The quantitative estimate of drug-likeness (QED) is 0.223. The van der Waals surface area contributed by atoms with Crippen molar-refractivity contribution in [2.45, 2.75) is 76.0 Å². The normalized spacial score (nSPS) is 23.4. The van der Waals surface area contributed by atoms with Crippen molar-refractivity contribution in [1.29, 1.82) is 0 Å². The molecule has 274 valence electrons. The van der Waals surface area contributed by atoms with E-state index in [4.69, 9.17) is 39.5 Å². The van der Waals surface area contributed by atoms with Crippen LogP contribution in [0.3, 0.4) is 0 Å². The van der Waals surface area contributed by atoms with Crippen LogP contribution in [0.1, 0.15) is 44.9 Å². The summed E-state index contributed by atoms with van der Waals surface area (Å²) in [5, 5.41) is 9.00. The van der Waals surface area contributed by atoms with Crippen LogP contribution in [0.25, 0.3) is 22.3 Å². The first-order valence-electron chi connectivity index (χ1n) is 17.6. The Bertz CT molecular complexity index is 1850. The summed E-state index contributed by atoms with van der Waals surface area (Å²) in [5.74, 6) is 0.994. The monoisotopic (exact) mass is 703 g/mol. The Morgan fingerprint density at radius 3 is 2.59 bits per heavy atom. The molecule has 0 unspecified atom stereocenters. The summed E-state index contributed by atoms with van der Waals surface area (Å²) < 4.78 is 34.5. The van der Waals surface area contributed by atoms with Crippen LogP contribution in [0.4, 0.5) is 5.82 Å². The molecular weight excluding hydrogens is 654 g/mol. The zero-order chi connectivity index (χ0) is 35.9. The standard InChI is InChI=1S/C36H49N9O6/c1-36(2)50-29-30(34(46)44(14-7-13-37)23-10-15-42(3)16-11-23)49-35(31(29)51-36)45-20-25(26-12-17-43(4)41-26)28-32(39-21-40-33(28)45)38-19-22-8-9-24(47-5)18-27(22)48-6/h8-9,12,17-18,20-21,23,29-31,35H,7,10-11,13-16,19,37H2,1-6H3,(H,38,39,40)/t29-,30+,31-,35-/m1/s1. The van der Waals surface area contributed by atoms with E-state index in [1.54, 1.807) is 18.9 Å². The van der Waals surface area contributed by atoms with Gasteiger partial charge in [-0.25, -0.2) is 9.97 Å². The van der Waals surface area contributed by atoms with E-state index >= 15 is 0 Å². The molecule has 1 amide bonds. The third-order valence-electron chi connectivity index (χ3n) is 10.1. The van der Waals surface area contributed by atoms with Gasteiger partial charge in [0.2, 0.25) is 0 Å². The van der Waals surface area contributed by atoms with Gasteiger partial charge in [0, 0.05) is 55.8 Å². The Balaban J connectivity index is 1.26. The number of carbonyl (C=O) groups excluding carboxylic acids is 1. The molecule has 15 heteroatoms. The molecular formula is C36H49N9O6. The van der Waals surface area contributed by atoms with Gasteiger partial charge in [-0.05, 0) is 78.0 Å². The third-order valence-corrected chi connectivity index (χ3v) is 10.1. The van der Waals surface area contributed by atoms with Crippen LogP contribution >= 0.6 is 0 Å². The van der Waals surface area contributed by atoms with Gasteiger partial charge in [0.25, 0.3) is 5.91 Å². The number of anilines is 1. The predicted octanol–water partition coefficient (Wildman–Crippen LogP) is 3.15. The van der Waals surface area contributed by atoms with E-state index in [2.05, 4.69) is 22.2 Å². The number of nitrogens with one attached hydrogen (secondary N) is 1. The summed E-state index contributed by atoms with van der Waals surface area (Å²) in [4.78, 5) is 28.3. The van der Waals surface area contributed by atoms with E-state index in [-0.39, 0.29) is 11.9 Å². The summed E-state index contributed by atoms with van der Waals surface area (Å²) in [7, 11) is 7.25. The number of benzene rings is 1. The fraction of sp³-hybridized carbons (Fsp3) is 0.556. The van der Waals surface area contributed by atoms with Crippen molar-refractivity contribution in [3.8, 4) is 22.8 Å². The van der Waals surface area contributed by atoms with Crippen molar-refractivity contribution >= 4 is 22.8 Å². The van der Waals surface area contributed by atoms with Crippen LogP contribution in [-0.4, -0.2) is 118 Å². The van der Waals surface area contributed by atoms with Crippen LogP contribution < -0.4 is 20.5 Å². The van der Waals surface area contributed by atoms with E-state index in [1.165, 1.54) is 6.33 Å². The summed E-state index contributed by atoms with van der Waals surface area (Å²) >= 11 is 0. The van der Waals surface area contributed by atoms with Gasteiger partial charge in [0.15, 0.2) is 18.1 Å². The number of ether oxygens (including phenoxy) is 5. The van der Waals surface area contributed by atoms with Crippen molar-refractivity contribution in [3.63, 3.8) is 0 Å². The van der Waals surface area contributed by atoms with Gasteiger partial charge in [-0.2, -0.15) is 5.10 Å². The fourth-order valence-corrected chi connectivity index (χ4v) is 7.55. The predicted molar refractivity (Wildman–Crippen MR) is 190 cm³/mol. The Hall–Kier alpha value is -4.28. The molecule has 6 heterocycles. The van der Waals surface area contributed by atoms with Gasteiger partial charge in [0.05, 0.1) is 25.3 Å². The Labute approximate surface area is 297 Å². The van der Waals surface area contributed by atoms with Gasteiger partial charge in [-0.3, -0.25) is 9.48 Å². The van der Waals surface area contributed by atoms with E-state index in [9.17, 15) is 4.79 Å². The van der Waals surface area contributed by atoms with Crippen LogP contribution in [0.5, 0.6) is 11.5 Å². The number of aromatic nitrogens is 5. The number of hydrogen-bond donors (Lipinski definition) is 2. The van der Waals surface area contributed by atoms with Gasteiger partial charge in [0.1, 0.15) is 41.5 Å². The van der Waals surface area contributed by atoms with Crippen molar-refractivity contribution in [2.75, 3.05) is 52.8 Å². The first-order chi connectivity index (χ1) is 24.6. The molecule has 4 atom stereocenters. The van der Waals surface area contributed by atoms with E-state index in [1.807, 2.05) is 67.0 Å². The number of hydrogen-bond acceptors (Lipinski definition) is 12. The molecule has 7 rings (SSSR count). The lowest BCUT2D eigenvalue weighted by Gasteiger charge is -2.39. The molecule has 3 aliphatic rings. The number of aryl methyl sites for hydroxylation is 1. The highest BCUT2D eigenvalue weighted by atomic mass is 16.8. The number of rotatable bonds is 12. The molecule has 0 radical (unpaired) electrons. The number of amides is 1. The zero-order valence-corrected chi connectivity index (χ0v) is 30.2. The summed E-state index contributed by atoms with van der Waals surface area (Å²) in [5.41, 5.74) is 9.01. The minimum atomic E-state index is -0.919. The first-order valence-corrected chi connectivity index (χ1v) is 17.6. The summed E-state index contributed by atoms with van der Waals surface area (Å²) in [6.07, 6.45) is 5.07. The highest BCUT2D eigenvalue weighted by Gasteiger charge is 2.59. The van der Waals surface area contributed by atoms with E-state index in [0.29, 0.717) is 49.0 Å². The zero-order valence-electron chi connectivity index (χ0n) is 30.2. The molecule has 4 aromatic rings. The Kier molecular flexibility index (Phi) is 9.91. The lowest BCUT2D eigenvalue weighted by Crippen LogP contribution is -2.52. The highest BCUT2D eigenvalue weighted by Crippen LogP contribution is 2.46. The largest absolute Gasteiger partial charge is 0.497 e. The number of methoxy groups -OCH3 is 2. The number of fused-ring (bicyclic) bond motifs is 2. The number of nitrogens with zero attached hydrogens (tertiary/aromatic N) is 7. The molecule has 1 aromatic carbocycles. The maximum atomic E-state index is 14.6. The Morgan fingerprint density at radius 2 is 1.88 bits per heavy atom. The first kappa shape index (κ1) is 35.1. The lowest BCUT2D eigenvalue weighted by atomic mass is 10.0. The number of carbonyl (C=O) groups is 1. The number of likely N-dealkylation sites (tertiary alicyclic amines) is 1. The minimum absolute atomic E-state index is 0.0939. The minimum Gasteiger partial charge on any atom is -0.497 e. The second-order valence-corrected chi connectivity index (χ2v) is 14.0. The SMILES string of the molecule is COc1ccc(CNc2ncnc3c2c(-c2ccn(C)n2)cn3[C@@H]2O[C@H](C(=O)N(CCCN)C3CCN(C)CC3)[C@H]3OC(C)(C)O[C@H]32)c(OC)c1. The molecule has 3 N–H and O–H groups in total. The maximum Gasteiger partial charge on any atom is 0.254 e. The van der Waals surface area contributed by atoms with Gasteiger partial charge < -0.3 is 49.1 Å². The van der Waals surface area contributed by atoms with Gasteiger partial charge in [-0.1, -0.05) is 0 Å². The average molecular weight is 704 g/mol. The van der Waals surface area contributed by atoms with E-state index in [0.717, 1.165) is 48.1 Å². The molecule has 0 spiro atoms. The third kappa shape index (κ3) is 6.88. The smallest absolute Gasteiger partial charge is 0.254 e. The molecule has 15 nitrogen and oxygen atoms in total. The molecule has 3 saturated heterocycles. The van der Waals surface area contributed by atoms with Crippen molar-refractivity contribution in [1.82, 2.24) is 34.1 Å². The molecule has 51 heavy (non-hydrogen) atoms. The number of piperidine rings is 1. The van der Waals surface area contributed by atoms with Crippen LogP contribution in [-0.2, 0) is 32.6 Å². The van der Waals surface area contributed by atoms with E-state index < -0.39 is 30.3 Å². The average Bonchev–Trinajstić information content (AvgIpc) is 3.89. The maximum absolute atomic E-state index is 14.6. The van der Waals surface area contributed by atoms with Gasteiger partial charge in [-0.15, -0.1) is 0 Å². The lowest BCUT2D eigenvalue weighted by molar-refractivity contribution is -0.201. The van der Waals surface area contributed by atoms with Crippen molar-refractivity contribution in [3.05, 3.63) is 48.5 Å². The Morgan fingerprint density at radius 1 is 1.10 bits per heavy atom. The van der Waals surface area contributed by atoms with Crippen LogP contribution in [0, 0.1) is 0 Å². The summed E-state index contributed by atoms with van der Waals surface area (Å²) in [6, 6.07) is 7.75.